The molecule has 0 aromatic carbocycles. The number of aromatic nitrogens is 2. The molecule has 0 saturated heterocycles. The second kappa shape index (κ2) is 5.60. The van der Waals surface area contributed by atoms with E-state index >= 15 is 0 Å². The van der Waals surface area contributed by atoms with Gasteiger partial charge in [0.1, 0.15) is 0 Å². The second-order valence-electron chi connectivity index (χ2n) is 6.39. The molecule has 0 aliphatic carbocycles. The highest BCUT2D eigenvalue weighted by Gasteiger charge is 2.22. The highest BCUT2D eigenvalue weighted by atomic mass is 14.7. The minimum absolute atomic E-state index is 0.125. The average molecular weight is 256 g/mol. The minimum atomic E-state index is 0.125. The van der Waals surface area contributed by atoms with Crippen LogP contribution in [0.15, 0.2) is 36.7 Å². The average Bonchev–Trinajstić information content (AvgIpc) is 2.80. The molecule has 2 aromatic rings. The molecule has 0 bridgehead atoms. The first-order valence-electron chi connectivity index (χ1n) is 7.05. The van der Waals surface area contributed by atoms with Crippen LogP contribution in [0.4, 0.5) is 0 Å². The van der Waals surface area contributed by atoms with Gasteiger partial charge in [0.15, 0.2) is 0 Å². The molecule has 0 fully saturated rings. The molecule has 2 aromatic heterocycles. The maximum Gasteiger partial charge on any atom is 0.0409 e. The molecule has 2 heteroatoms. The number of aromatic amines is 1. The predicted molar refractivity (Wildman–Crippen MR) is 80.3 cm³/mol. The maximum absolute atomic E-state index is 4.48. The Labute approximate surface area is 116 Å². The fourth-order valence-electron chi connectivity index (χ4n) is 2.48. The van der Waals surface area contributed by atoms with Crippen LogP contribution in [0, 0.1) is 5.92 Å². The third kappa shape index (κ3) is 3.69. The van der Waals surface area contributed by atoms with Crippen molar-refractivity contribution in [1.29, 1.82) is 0 Å². The fourth-order valence-corrected chi connectivity index (χ4v) is 2.48. The van der Waals surface area contributed by atoms with Crippen LogP contribution in [0.25, 0.3) is 0 Å². The van der Waals surface area contributed by atoms with Crippen molar-refractivity contribution in [2.24, 2.45) is 5.92 Å². The number of H-pyrrole nitrogens is 1. The maximum atomic E-state index is 4.48. The molecule has 2 rings (SSSR count). The van der Waals surface area contributed by atoms with Crippen LogP contribution < -0.4 is 0 Å². The van der Waals surface area contributed by atoms with Gasteiger partial charge in [-0.15, -0.1) is 0 Å². The van der Waals surface area contributed by atoms with Crippen molar-refractivity contribution in [3.8, 4) is 0 Å². The predicted octanol–water partition coefficient (Wildman–Crippen LogP) is 4.13. The summed E-state index contributed by atoms with van der Waals surface area (Å²) < 4.78 is 0. The van der Waals surface area contributed by atoms with Gasteiger partial charge in [0, 0.05) is 23.8 Å². The van der Waals surface area contributed by atoms with Gasteiger partial charge in [-0.25, -0.2) is 0 Å². The van der Waals surface area contributed by atoms with Crippen LogP contribution in [0.1, 0.15) is 44.6 Å². The van der Waals surface area contributed by atoms with Crippen LogP contribution in [0.3, 0.4) is 0 Å². The summed E-state index contributed by atoms with van der Waals surface area (Å²) in [5.74, 6) is 0.647. The number of hydrogen-bond donors (Lipinski definition) is 1. The lowest BCUT2D eigenvalue weighted by molar-refractivity contribution is 0.513. The SMILES string of the molecule is CC(C)Cc1cc(C(C)(C)Cc2ccc[nH]2)ccn1. The minimum Gasteiger partial charge on any atom is -0.365 e. The van der Waals surface area contributed by atoms with Crippen LogP contribution in [-0.2, 0) is 18.3 Å². The molecule has 2 nitrogen and oxygen atoms in total. The molecule has 0 atom stereocenters. The van der Waals surface area contributed by atoms with Crippen molar-refractivity contribution in [2.75, 3.05) is 0 Å². The third-order valence-electron chi connectivity index (χ3n) is 3.51. The monoisotopic (exact) mass is 256 g/mol. The molecule has 0 radical (unpaired) electrons. The van der Waals surface area contributed by atoms with Crippen molar-refractivity contribution in [3.05, 3.63) is 53.6 Å². The van der Waals surface area contributed by atoms with Crippen LogP contribution in [0.2, 0.25) is 0 Å². The first kappa shape index (κ1) is 13.9. The zero-order valence-corrected chi connectivity index (χ0v) is 12.4. The van der Waals surface area contributed by atoms with E-state index < -0.39 is 0 Å². The Hall–Kier alpha value is -1.57. The smallest absolute Gasteiger partial charge is 0.0409 e. The summed E-state index contributed by atoms with van der Waals surface area (Å²) in [6.07, 6.45) is 6.00. The fraction of sp³-hybridized carbons (Fsp3) is 0.471. The number of rotatable bonds is 5. The topological polar surface area (TPSA) is 28.7 Å². The lowest BCUT2D eigenvalue weighted by atomic mass is 9.80. The quantitative estimate of drug-likeness (QED) is 0.856. The van der Waals surface area contributed by atoms with Crippen molar-refractivity contribution < 1.29 is 0 Å². The standard InChI is InChI=1S/C17H24N2/c1-13(2)10-16-11-14(7-9-19-16)17(3,4)12-15-6-5-8-18-15/h5-9,11,13,18H,10,12H2,1-4H3. The van der Waals surface area contributed by atoms with Gasteiger partial charge in [-0.3, -0.25) is 4.98 Å². The molecule has 2 heterocycles. The van der Waals surface area contributed by atoms with Crippen LogP contribution in [0.5, 0.6) is 0 Å². The van der Waals surface area contributed by atoms with E-state index in [-0.39, 0.29) is 5.41 Å². The van der Waals surface area contributed by atoms with Crippen molar-refractivity contribution >= 4 is 0 Å². The Bertz CT molecular complexity index is 510. The largest absolute Gasteiger partial charge is 0.365 e. The summed E-state index contributed by atoms with van der Waals surface area (Å²) in [5, 5.41) is 0. The third-order valence-corrected chi connectivity index (χ3v) is 3.51. The van der Waals surface area contributed by atoms with Crippen LogP contribution in [-0.4, -0.2) is 9.97 Å². The van der Waals surface area contributed by atoms with Crippen molar-refractivity contribution in [3.63, 3.8) is 0 Å². The molecule has 0 saturated carbocycles. The molecular weight excluding hydrogens is 232 g/mol. The van der Waals surface area contributed by atoms with E-state index in [0.717, 1.165) is 12.8 Å². The summed E-state index contributed by atoms with van der Waals surface area (Å²) in [6.45, 7) is 9.06. The van der Waals surface area contributed by atoms with Crippen LogP contribution >= 0.6 is 0 Å². The van der Waals surface area contributed by atoms with Gasteiger partial charge in [-0.05, 0) is 54.0 Å². The Morgan fingerprint density at radius 3 is 2.68 bits per heavy atom. The molecular formula is C17H24N2. The molecule has 0 unspecified atom stereocenters. The van der Waals surface area contributed by atoms with E-state index in [1.807, 2.05) is 12.4 Å². The lowest BCUT2D eigenvalue weighted by Crippen LogP contribution is -2.21. The Balaban J connectivity index is 2.19. The Morgan fingerprint density at radius 2 is 2.05 bits per heavy atom. The van der Waals surface area contributed by atoms with E-state index in [0.29, 0.717) is 5.92 Å². The van der Waals surface area contributed by atoms with Crippen molar-refractivity contribution in [1.82, 2.24) is 9.97 Å². The van der Waals surface area contributed by atoms with E-state index in [1.54, 1.807) is 0 Å². The molecule has 0 aliphatic rings. The van der Waals surface area contributed by atoms with Gasteiger partial charge in [0.25, 0.3) is 0 Å². The summed E-state index contributed by atoms with van der Waals surface area (Å²) in [6, 6.07) is 8.62. The van der Waals surface area contributed by atoms with Gasteiger partial charge in [-0.1, -0.05) is 27.7 Å². The molecule has 102 valence electrons. The highest BCUT2D eigenvalue weighted by Crippen LogP contribution is 2.27. The zero-order valence-electron chi connectivity index (χ0n) is 12.4. The van der Waals surface area contributed by atoms with Gasteiger partial charge >= 0.3 is 0 Å². The molecule has 0 aliphatic heterocycles. The highest BCUT2D eigenvalue weighted by molar-refractivity contribution is 5.27. The molecule has 0 spiro atoms. The van der Waals surface area contributed by atoms with E-state index in [1.165, 1.54) is 17.0 Å². The Morgan fingerprint density at radius 1 is 1.26 bits per heavy atom. The molecule has 19 heavy (non-hydrogen) atoms. The lowest BCUT2D eigenvalue weighted by Gasteiger charge is -2.25. The number of hydrogen-bond acceptors (Lipinski definition) is 1. The van der Waals surface area contributed by atoms with Gasteiger partial charge in [-0.2, -0.15) is 0 Å². The Kier molecular flexibility index (Phi) is 4.08. The zero-order chi connectivity index (χ0) is 13.9. The number of nitrogens with one attached hydrogen (secondary N) is 1. The molecule has 1 N–H and O–H groups in total. The van der Waals surface area contributed by atoms with Gasteiger partial charge in [0.2, 0.25) is 0 Å². The summed E-state index contributed by atoms with van der Waals surface area (Å²) in [5.41, 5.74) is 3.98. The van der Waals surface area contributed by atoms with E-state index in [2.05, 4.69) is 61.9 Å². The summed E-state index contributed by atoms with van der Waals surface area (Å²) >= 11 is 0. The summed E-state index contributed by atoms with van der Waals surface area (Å²) in [7, 11) is 0. The van der Waals surface area contributed by atoms with E-state index in [9.17, 15) is 0 Å². The summed E-state index contributed by atoms with van der Waals surface area (Å²) in [4.78, 5) is 7.78. The second-order valence-corrected chi connectivity index (χ2v) is 6.39. The van der Waals surface area contributed by atoms with E-state index in [4.69, 9.17) is 0 Å². The normalized spacial score (nSPS) is 12.1. The number of pyridine rings is 1. The van der Waals surface area contributed by atoms with Gasteiger partial charge < -0.3 is 4.98 Å². The van der Waals surface area contributed by atoms with Crippen molar-refractivity contribution in [2.45, 2.75) is 46.0 Å². The first-order chi connectivity index (χ1) is 8.97. The number of nitrogens with zero attached hydrogens (tertiary/aromatic N) is 1. The first-order valence-corrected chi connectivity index (χ1v) is 7.05. The molecule has 0 amide bonds. The van der Waals surface area contributed by atoms with Gasteiger partial charge in [0.05, 0.1) is 0 Å².